The topological polar surface area (TPSA) is 102 Å². The van der Waals surface area contributed by atoms with E-state index < -0.39 is 0 Å². The average molecular weight is 294 g/mol. The molecule has 2 aromatic rings. The van der Waals surface area contributed by atoms with Gasteiger partial charge in [-0.05, 0) is 0 Å². The molecule has 0 aliphatic rings. The van der Waals surface area contributed by atoms with E-state index in [0.29, 0.717) is 31.9 Å². The minimum Gasteiger partial charge on any atom is -0.384 e. The molecule has 1 amide bonds. The van der Waals surface area contributed by atoms with Crippen LogP contribution in [0.4, 0.5) is 0 Å². The third-order valence-corrected chi connectivity index (χ3v) is 2.97. The lowest BCUT2D eigenvalue weighted by Gasteiger charge is -2.08. The maximum atomic E-state index is 11.7. The number of amides is 1. The van der Waals surface area contributed by atoms with Gasteiger partial charge in [0.15, 0.2) is 0 Å². The van der Waals surface area contributed by atoms with E-state index in [-0.39, 0.29) is 17.9 Å². The summed E-state index contributed by atoms with van der Waals surface area (Å²) in [6.45, 7) is 1.68. The summed E-state index contributed by atoms with van der Waals surface area (Å²) in [5.41, 5.74) is 0.612. The monoisotopic (exact) mass is 294 g/mol. The number of hydrogen-bond acceptors (Lipinski definition) is 5. The third-order valence-electron chi connectivity index (χ3n) is 2.97. The normalized spacial score (nSPS) is 10.7. The zero-order chi connectivity index (χ0) is 15.1. The van der Waals surface area contributed by atoms with Gasteiger partial charge in [-0.3, -0.25) is 9.59 Å². The van der Waals surface area contributed by atoms with Crippen LogP contribution in [0.1, 0.15) is 17.9 Å². The van der Waals surface area contributed by atoms with Crippen LogP contribution in [-0.2, 0) is 29.0 Å². The summed E-state index contributed by atoms with van der Waals surface area (Å²) in [6.07, 6.45) is 4.05. The van der Waals surface area contributed by atoms with Gasteiger partial charge in [0.05, 0.1) is 25.2 Å². The molecule has 0 bridgehead atoms. The second kappa shape index (κ2) is 7.44. The molecule has 0 spiro atoms. The van der Waals surface area contributed by atoms with Gasteiger partial charge < -0.3 is 19.1 Å². The second-order valence-corrected chi connectivity index (χ2v) is 4.53. The van der Waals surface area contributed by atoms with Crippen molar-refractivity contribution in [1.82, 2.24) is 20.0 Å². The van der Waals surface area contributed by atoms with Crippen molar-refractivity contribution in [2.45, 2.75) is 25.9 Å². The highest BCUT2D eigenvalue weighted by Gasteiger charge is 2.07. The summed E-state index contributed by atoms with van der Waals surface area (Å²) >= 11 is 0. The molecule has 0 aromatic carbocycles. The van der Waals surface area contributed by atoms with E-state index in [1.807, 2.05) is 4.57 Å². The Kier molecular flexibility index (Phi) is 5.33. The highest BCUT2D eigenvalue weighted by molar-refractivity contribution is 5.75. The minimum absolute atomic E-state index is 0.113. The summed E-state index contributed by atoms with van der Waals surface area (Å²) in [5.74, 6) is 0.360. The molecule has 0 aliphatic carbocycles. The lowest BCUT2D eigenvalue weighted by atomic mass is 10.2. The Bertz CT molecular complexity index is 628. The summed E-state index contributed by atoms with van der Waals surface area (Å²) in [7, 11) is 1.64. The molecule has 8 nitrogen and oxygen atoms in total. The zero-order valence-electron chi connectivity index (χ0n) is 11.8. The predicted octanol–water partition coefficient (Wildman–Crippen LogP) is 0.0598. The number of aromatic nitrogens is 3. The molecule has 21 heavy (non-hydrogen) atoms. The van der Waals surface area contributed by atoms with Crippen LogP contribution in [0.5, 0.6) is 0 Å². The summed E-state index contributed by atoms with van der Waals surface area (Å²) in [5, 5.41) is 5.00. The molecule has 0 saturated heterocycles. The molecule has 0 radical (unpaired) electrons. The van der Waals surface area contributed by atoms with Crippen LogP contribution < -0.4 is 10.9 Å². The molecule has 2 N–H and O–H groups in total. The Balaban J connectivity index is 1.76. The summed E-state index contributed by atoms with van der Waals surface area (Å²) in [4.78, 5) is 26.7. The van der Waals surface area contributed by atoms with Crippen LogP contribution in [0.25, 0.3) is 0 Å². The highest BCUT2D eigenvalue weighted by Crippen LogP contribution is 2.01. The number of hydrogen-bond donors (Lipinski definition) is 2. The fourth-order valence-electron chi connectivity index (χ4n) is 1.84. The first-order chi connectivity index (χ1) is 10.2. The Labute approximate surface area is 121 Å². The fourth-order valence-corrected chi connectivity index (χ4v) is 1.84. The molecule has 2 aromatic heterocycles. The molecular formula is C13H18N4O4. The molecule has 2 rings (SSSR count). The Hall–Kier alpha value is -2.35. The van der Waals surface area contributed by atoms with Gasteiger partial charge >= 0.3 is 0 Å². The molecule has 2 heterocycles. The smallest absolute Gasteiger partial charge is 0.280 e. The molecule has 0 unspecified atom stereocenters. The van der Waals surface area contributed by atoms with E-state index in [1.165, 1.54) is 6.07 Å². The minimum atomic E-state index is -0.299. The largest absolute Gasteiger partial charge is 0.384 e. The van der Waals surface area contributed by atoms with Crippen molar-refractivity contribution in [3.05, 3.63) is 40.4 Å². The number of H-pyrrole nitrogens is 1. The van der Waals surface area contributed by atoms with Crippen LogP contribution in [0.3, 0.4) is 0 Å². The molecule has 0 fully saturated rings. The van der Waals surface area contributed by atoms with E-state index >= 15 is 0 Å². The molecular weight excluding hydrogens is 276 g/mol. The first-order valence-electron chi connectivity index (χ1n) is 6.61. The molecule has 0 atom stereocenters. The van der Waals surface area contributed by atoms with Gasteiger partial charge in [0, 0.05) is 38.8 Å². The number of aryl methyl sites for hydroxylation is 1. The Morgan fingerprint density at radius 3 is 3.14 bits per heavy atom. The van der Waals surface area contributed by atoms with Crippen molar-refractivity contribution in [2.75, 3.05) is 13.7 Å². The van der Waals surface area contributed by atoms with Crippen LogP contribution in [0, 0.1) is 0 Å². The molecule has 0 aliphatic heterocycles. The second-order valence-electron chi connectivity index (χ2n) is 4.53. The number of nitrogens with one attached hydrogen (secondary N) is 2. The van der Waals surface area contributed by atoms with Crippen LogP contribution in [0.2, 0.25) is 0 Å². The third kappa shape index (κ3) is 4.60. The number of nitrogens with zero attached hydrogens (tertiary/aromatic N) is 2. The van der Waals surface area contributed by atoms with Gasteiger partial charge in [-0.1, -0.05) is 0 Å². The summed E-state index contributed by atoms with van der Waals surface area (Å²) < 4.78 is 11.8. The van der Waals surface area contributed by atoms with Crippen molar-refractivity contribution in [3.8, 4) is 0 Å². The molecule has 114 valence electrons. The van der Waals surface area contributed by atoms with Gasteiger partial charge in [-0.25, -0.2) is 4.98 Å². The molecule has 8 heteroatoms. The number of imidazole rings is 1. The van der Waals surface area contributed by atoms with Crippen molar-refractivity contribution >= 4 is 5.91 Å². The first kappa shape index (κ1) is 15.0. The van der Waals surface area contributed by atoms with E-state index in [1.54, 1.807) is 19.6 Å². The van der Waals surface area contributed by atoms with Gasteiger partial charge in [0.2, 0.25) is 5.91 Å². The van der Waals surface area contributed by atoms with Gasteiger partial charge in [-0.2, -0.15) is 5.16 Å². The number of carbonyl (C=O) groups excluding carboxylic acids is 1. The van der Waals surface area contributed by atoms with Crippen LogP contribution in [-0.4, -0.2) is 34.3 Å². The van der Waals surface area contributed by atoms with Crippen LogP contribution >= 0.6 is 0 Å². The van der Waals surface area contributed by atoms with E-state index in [9.17, 15) is 9.59 Å². The maximum Gasteiger partial charge on any atom is 0.280 e. The standard InChI is InChI=1S/C13H18N4O4/c1-20-5-4-17-9-14-7-10(17)8-15-12(18)3-2-11-6-13(19)16-21-11/h6-7,9H,2-5,8H2,1H3,(H,15,18)(H,16,19). The van der Waals surface area contributed by atoms with Crippen molar-refractivity contribution in [1.29, 1.82) is 0 Å². The fraction of sp³-hybridized carbons (Fsp3) is 0.462. The van der Waals surface area contributed by atoms with Gasteiger partial charge in [0.25, 0.3) is 5.56 Å². The Morgan fingerprint density at radius 1 is 1.57 bits per heavy atom. The maximum absolute atomic E-state index is 11.7. The van der Waals surface area contributed by atoms with E-state index in [0.717, 1.165) is 5.69 Å². The number of rotatable bonds is 8. The molecule has 0 saturated carbocycles. The Morgan fingerprint density at radius 2 is 2.43 bits per heavy atom. The predicted molar refractivity (Wildman–Crippen MR) is 73.6 cm³/mol. The van der Waals surface area contributed by atoms with E-state index in [4.69, 9.17) is 9.26 Å². The number of ether oxygens (including phenoxy) is 1. The highest BCUT2D eigenvalue weighted by atomic mass is 16.5. The average Bonchev–Trinajstić information content (AvgIpc) is 3.09. The van der Waals surface area contributed by atoms with E-state index in [2.05, 4.69) is 15.5 Å². The first-order valence-corrected chi connectivity index (χ1v) is 6.61. The zero-order valence-corrected chi connectivity index (χ0v) is 11.8. The summed E-state index contributed by atoms with van der Waals surface area (Å²) in [6, 6.07) is 1.34. The van der Waals surface area contributed by atoms with Gasteiger partial charge in [0.1, 0.15) is 5.76 Å². The lowest BCUT2D eigenvalue weighted by molar-refractivity contribution is -0.121. The van der Waals surface area contributed by atoms with Crippen molar-refractivity contribution in [2.24, 2.45) is 0 Å². The lowest BCUT2D eigenvalue weighted by Crippen LogP contribution is -2.24. The number of carbonyl (C=O) groups is 1. The van der Waals surface area contributed by atoms with Crippen molar-refractivity contribution < 1.29 is 14.1 Å². The number of methoxy groups -OCH3 is 1. The number of aromatic amines is 1. The quantitative estimate of drug-likeness (QED) is 0.716. The SMILES string of the molecule is COCCn1cncc1CNC(=O)CCc1cc(=O)[nH]o1. The van der Waals surface area contributed by atoms with Crippen LogP contribution in [0.15, 0.2) is 27.9 Å². The van der Waals surface area contributed by atoms with Crippen molar-refractivity contribution in [3.63, 3.8) is 0 Å². The van der Waals surface area contributed by atoms with Gasteiger partial charge in [-0.15, -0.1) is 0 Å².